The molecular weight excluding hydrogens is 393 g/mol. The molecule has 7 nitrogen and oxygen atoms in total. The summed E-state index contributed by atoms with van der Waals surface area (Å²) in [6.07, 6.45) is 1.55. The molecule has 0 aliphatic rings. The van der Waals surface area contributed by atoms with Crippen LogP contribution in [0.25, 0.3) is 5.69 Å². The zero-order chi connectivity index (χ0) is 20.8. The number of aryl methyl sites for hydroxylation is 1. The molecule has 150 valence electrons. The molecule has 0 saturated heterocycles. The van der Waals surface area contributed by atoms with E-state index in [-0.39, 0.29) is 23.4 Å². The van der Waals surface area contributed by atoms with Gasteiger partial charge in [-0.25, -0.2) is 4.39 Å². The first kappa shape index (κ1) is 20.5. The van der Waals surface area contributed by atoms with Gasteiger partial charge in [-0.15, -0.1) is 10.2 Å². The quantitative estimate of drug-likeness (QED) is 0.581. The Balaban J connectivity index is 1.59. The third-order valence-electron chi connectivity index (χ3n) is 4.01. The number of carbonyl (C=O) groups excluding carboxylic acids is 2. The van der Waals surface area contributed by atoms with Gasteiger partial charge in [0, 0.05) is 19.2 Å². The Kier molecular flexibility index (Phi) is 6.61. The molecule has 0 atom stereocenters. The fraction of sp³-hybridized carbons (Fsp3) is 0.200. The van der Waals surface area contributed by atoms with Crippen LogP contribution in [0.2, 0.25) is 0 Å². The van der Waals surface area contributed by atoms with Crippen LogP contribution < -0.4 is 10.6 Å². The van der Waals surface area contributed by atoms with E-state index in [0.29, 0.717) is 23.0 Å². The van der Waals surface area contributed by atoms with Gasteiger partial charge in [0.25, 0.3) is 0 Å². The van der Waals surface area contributed by atoms with Gasteiger partial charge >= 0.3 is 0 Å². The van der Waals surface area contributed by atoms with Crippen LogP contribution in [0.1, 0.15) is 18.1 Å². The molecule has 0 bridgehead atoms. The zero-order valence-corrected chi connectivity index (χ0v) is 16.8. The minimum Gasteiger partial charge on any atom is -0.351 e. The van der Waals surface area contributed by atoms with Gasteiger partial charge in [0.15, 0.2) is 5.16 Å². The van der Waals surface area contributed by atoms with E-state index in [2.05, 4.69) is 20.8 Å². The van der Waals surface area contributed by atoms with E-state index in [9.17, 15) is 14.0 Å². The Morgan fingerprint density at radius 2 is 2.03 bits per heavy atom. The van der Waals surface area contributed by atoms with Crippen LogP contribution in [0, 0.1) is 12.7 Å². The Hall–Kier alpha value is -3.20. The summed E-state index contributed by atoms with van der Waals surface area (Å²) in [5.74, 6) is -0.436. The summed E-state index contributed by atoms with van der Waals surface area (Å²) < 4.78 is 15.1. The van der Waals surface area contributed by atoms with Crippen LogP contribution in [-0.2, 0) is 16.1 Å². The Morgan fingerprint density at radius 1 is 1.21 bits per heavy atom. The van der Waals surface area contributed by atoms with Crippen molar-refractivity contribution in [3.05, 3.63) is 65.7 Å². The number of nitrogens with one attached hydrogen (secondary N) is 2. The van der Waals surface area contributed by atoms with Crippen LogP contribution in [0.4, 0.5) is 10.1 Å². The lowest BCUT2D eigenvalue weighted by Crippen LogP contribution is -2.24. The van der Waals surface area contributed by atoms with Gasteiger partial charge in [-0.2, -0.15) is 0 Å². The van der Waals surface area contributed by atoms with Crippen LogP contribution in [0.15, 0.2) is 53.9 Å². The zero-order valence-electron chi connectivity index (χ0n) is 16.0. The molecule has 1 aromatic heterocycles. The highest BCUT2D eigenvalue weighted by atomic mass is 32.2. The van der Waals surface area contributed by atoms with Crippen molar-refractivity contribution < 1.29 is 14.0 Å². The summed E-state index contributed by atoms with van der Waals surface area (Å²) in [5.41, 5.74) is 2.80. The van der Waals surface area contributed by atoms with E-state index in [1.54, 1.807) is 42.1 Å². The van der Waals surface area contributed by atoms with Crippen molar-refractivity contribution >= 4 is 29.3 Å². The Labute approximate surface area is 171 Å². The van der Waals surface area contributed by atoms with E-state index in [1.807, 2.05) is 12.1 Å². The number of amides is 2. The van der Waals surface area contributed by atoms with Crippen molar-refractivity contribution in [1.29, 1.82) is 0 Å². The number of halogens is 1. The fourth-order valence-corrected chi connectivity index (χ4v) is 3.39. The number of rotatable bonds is 7. The fourth-order valence-electron chi connectivity index (χ4n) is 2.64. The highest BCUT2D eigenvalue weighted by Crippen LogP contribution is 2.21. The van der Waals surface area contributed by atoms with Crippen molar-refractivity contribution in [2.45, 2.75) is 25.5 Å². The van der Waals surface area contributed by atoms with Gasteiger partial charge in [-0.05, 0) is 42.3 Å². The molecular formula is C20H20FN5O2S. The molecule has 29 heavy (non-hydrogen) atoms. The molecule has 1 heterocycles. The van der Waals surface area contributed by atoms with E-state index in [1.165, 1.54) is 24.8 Å². The third-order valence-corrected chi connectivity index (χ3v) is 4.95. The van der Waals surface area contributed by atoms with E-state index in [4.69, 9.17) is 0 Å². The van der Waals surface area contributed by atoms with Gasteiger partial charge in [0.1, 0.15) is 12.1 Å². The number of benzene rings is 2. The van der Waals surface area contributed by atoms with Gasteiger partial charge in [-0.3, -0.25) is 14.2 Å². The van der Waals surface area contributed by atoms with E-state index >= 15 is 0 Å². The maximum atomic E-state index is 13.3. The van der Waals surface area contributed by atoms with Crippen LogP contribution in [0.3, 0.4) is 0 Å². The first-order valence-corrected chi connectivity index (χ1v) is 9.83. The largest absolute Gasteiger partial charge is 0.351 e. The number of thioether (sulfide) groups is 1. The van der Waals surface area contributed by atoms with Gasteiger partial charge in [0.05, 0.1) is 11.4 Å². The molecule has 2 aromatic carbocycles. The molecule has 0 saturated carbocycles. The SMILES string of the molecule is CC(=O)Nc1cccc(-n2cnnc2SCC(=O)NCc2ccc(F)c(C)c2)c1. The minimum atomic E-state index is -0.266. The summed E-state index contributed by atoms with van der Waals surface area (Å²) in [4.78, 5) is 23.4. The molecule has 0 unspecified atom stereocenters. The second kappa shape index (κ2) is 9.33. The van der Waals surface area contributed by atoms with Gasteiger partial charge in [-0.1, -0.05) is 30.0 Å². The number of aromatic nitrogens is 3. The number of carbonyl (C=O) groups is 2. The van der Waals surface area contributed by atoms with Gasteiger partial charge in [0.2, 0.25) is 11.8 Å². The maximum Gasteiger partial charge on any atom is 0.230 e. The summed E-state index contributed by atoms with van der Waals surface area (Å²) in [6, 6.07) is 12.0. The number of nitrogens with zero attached hydrogens (tertiary/aromatic N) is 3. The molecule has 0 aliphatic heterocycles. The maximum absolute atomic E-state index is 13.3. The third kappa shape index (κ3) is 5.64. The lowest BCUT2D eigenvalue weighted by Gasteiger charge is -2.09. The van der Waals surface area contributed by atoms with Crippen molar-refractivity contribution in [3.63, 3.8) is 0 Å². The first-order chi connectivity index (χ1) is 13.9. The molecule has 9 heteroatoms. The van der Waals surface area contributed by atoms with Crippen LogP contribution in [0.5, 0.6) is 0 Å². The Bertz CT molecular complexity index is 1040. The number of hydrogen-bond acceptors (Lipinski definition) is 5. The number of hydrogen-bond donors (Lipinski definition) is 2. The van der Waals surface area contributed by atoms with Crippen LogP contribution >= 0.6 is 11.8 Å². The second-order valence-corrected chi connectivity index (χ2v) is 7.31. The molecule has 0 fully saturated rings. The van der Waals surface area contributed by atoms with E-state index < -0.39 is 0 Å². The summed E-state index contributed by atoms with van der Waals surface area (Å²) >= 11 is 1.25. The first-order valence-electron chi connectivity index (χ1n) is 8.85. The van der Waals surface area contributed by atoms with Crippen molar-refractivity contribution in [1.82, 2.24) is 20.1 Å². The van der Waals surface area contributed by atoms with Crippen molar-refractivity contribution in [2.75, 3.05) is 11.1 Å². The lowest BCUT2D eigenvalue weighted by molar-refractivity contribution is -0.118. The van der Waals surface area contributed by atoms with Crippen LogP contribution in [-0.4, -0.2) is 32.3 Å². The molecule has 0 aliphatic carbocycles. The monoisotopic (exact) mass is 413 g/mol. The highest BCUT2D eigenvalue weighted by Gasteiger charge is 2.11. The summed E-state index contributed by atoms with van der Waals surface area (Å²) in [5, 5.41) is 14.1. The van der Waals surface area contributed by atoms with Crippen molar-refractivity contribution in [3.8, 4) is 5.69 Å². The smallest absolute Gasteiger partial charge is 0.230 e. The summed E-state index contributed by atoms with van der Waals surface area (Å²) in [7, 11) is 0. The second-order valence-electron chi connectivity index (χ2n) is 6.36. The van der Waals surface area contributed by atoms with Crippen molar-refractivity contribution in [2.24, 2.45) is 0 Å². The molecule has 2 N–H and O–H groups in total. The Morgan fingerprint density at radius 3 is 2.79 bits per heavy atom. The predicted molar refractivity (Wildman–Crippen MR) is 109 cm³/mol. The van der Waals surface area contributed by atoms with Gasteiger partial charge < -0.3 is 10.6 Å². The average Bonchev–Trinajstić information content (AvgIpc) is 3.15. The summed E-state index contributed by atoms with van der Waals surface area (Å²) in [6.45, 7) is 3.45. The predicted octanol–water partition coefficient (Wildman–Crippen LogP) is 3.08. The lowest BCUT2D eigenvalue weighted by atomic mass is 10.1. The standard InChI is InChI=1S/C20H20FN5O2S/c1-13-8-15(6-7-18(13)21)10-22-19(28)11-29-20-25-23-12-26(20)17-5-3-4-16(9-17)24-14(2)27/h3-9,12H,10-11H2,1-2H3,(H,22,28)(H,24,27). The molecule has 2 amide bonds. The molecule has 3 aromatic rings. The molecule has 0 spiro atoms. The minimum absolute atomic E-state index is 0.157. The van der Waals surface area contributed by atoms with E-state index in [0.717, 1.165) is 11.3 Å². The normalized spacial score (nSPS) is 10.6. The topological polar surface area (TPSA) is 88.9 Å². The molecule has 0 radical (unpaired) electrons. The number of anilines is 1. The highest BCUT2D eigenvalue weighted by molar-refractivity contribution is 7.99. The average molecular weight is 413 g/mol. The molecule has 3 rings (SSSR count).